The highest BCUT2D eigenvalue weighted by Crippen LogP contribution is 2.43. The predicted octanol–water partition coefficient (Wildman–Crippen LogP) is 11.0. The fourth-order valence-corrected chi connectivity index (χ4v) is 7.37. The van der Waals surface area contributed by atoms with Crippen molar-refractivity contribution in [2.45, 2.75) is 0 Å². The molecule has 0 spiro atoms. The van der Waals surface area contributed by atoms with Crippen molar-refractivity contribution >= 4 is 49.1 Å². The number of benzene rings is 7. The molecule has 10 aromatic rings. The van der Waals surface area contributed by atoms with Crippen molar-refractivity contribution in [2.24, 2.45) is 0 Å². The molecule has 0 radical (unpaired) electrons. The van der Waals surface area contributed by atoms with E-state index < -0.39 is 0 Å². The molecule has 10 rings (SSSR count). The third-order valence-corrected chi connectivity index (χ3v) is 9.59. The summed E-state index contributed by atoms with van der Waals surface area (Å²) in [5.74, 6) is 0.651. The van der Waals surface area contributed by atoms with E-state index in [1.807, 2.05) is 72.8 Å². The minimum absolute atomic E-state index is 0.0634. The van der Waals surface area contributed by atoms with E-state index in [1.165, 1.54) is 11.1 Å². The van der Waals surface area contributed by atoms with Crippen LogP contribution in [-0.4, -0.2) is 9.38 Å². The van der Waals surface area contributed by atoms with Gasteiger partial charge in [0, 0.05) is 27.1 Å². The number of hydrogen-bond donors (Lipinski definition) is 0. The summed E-state index contributed by atoms with van der Waals surface area (Å²) >= 11 is 0. The van der Waals surface area contributed by atoms with E-state index in [0.717, 1.165) is 71.6 Å². The van der Waals surface area contributed by atoms with E-state index >= 15 is 0 Å². The molecular formula is C44H26N2O2. The summed E-state index contributed by atoms with van der Waals surface area (Å²) in [5.41, 5.74) is 10.9. The molecule has 0 aliphatic heterocycles. The number of hydrogen-bond acceptors (Lipinski definition) is 3. The molecule has 4 heteroatoms. The Labute approximate surface area is 275 Å². The molecule has 4 nitrogen and oxygen atoms in total. The lowest BCUT2D eigenvalue weighted by atomic mass is 9.92. The predicted molar refractivity (Wildman–Crippen MR) is 197 cm³/mol. The van der Waals surface area contributed by atoms with Gasteiger partial charge in [0.1, 0.15) is 17.0 Å². The zero-order valence-corrected chi connectivity index (χ0v) is 25.7. The van der Waals surface area contributed by atoms with Gasteiger partial charge in [-0.25, -0.2) is 4.98 Å². The Morgan fingerprint density at radius 3 is 1.85 bits per heavy atom. The van der Waals surface area contributed by atoms with Crippen LogP contribution in [0.2, 0.25) is 0 Å². The Morgan fingerprint density at radius 1 is 0.458 bits per heavy atom. The summed E-state index contributed by atoms with van der Waals surface area (Å²) in [6.45, 7) is 0. The Kier molecular flexibility index (Phi) is 5.69. The van der Waals surface area contributed by atoms with Gasteiger partial charge in [-0.1, -0.05) is 127 Å². The normalized spacial score (nSPS) is 11.8. The molecule has 48 heavy (non-hydrogen) atoms. The fraction of sp³-hybridized carbons (Fsp3) is 0. The summed E-state index contributed by atoms with van der Waals surface area (Å²) in [6.07, 6.45) is 0. The largest absolute Gasteiger partial charge is 0.456 e. The zero-order valence-electron chi connectivity index (χ0n) is 25.7. The molecule has 3 heterocycles. The molecule has 0 atom stereocenters. The van der Waals surface area contributed by atoms with Crippen LogP contribution < -0.4 is 5.56 Å². The van der Waals surface area contributed by atoms with Gasteiger partial charge in [0.25, 0.3) is 5.56 Å². The number of fused-ring (bicyclic) bond motifs is 5. The fourth-order valence-electron chi connectivity index (χ4n) is 7.37. The molecule has 0 saturated heterocycles. The average Bonchev–Trinajstić information content (AvgIpc) is 3.74. The highest BCUT2D eigenvalue weighted by Gasteiger charge is 2.23. The van der Waals surface area contributed by atoms with E-state index in [9.17, 15) is 4.79 Å². The van der Waals surface area contributed by atoms with Crippen LogP contribution in [0.1, 0.15) is 0 Å². The number of pyridine rings is 1. The van der Waals surface area contributed by atoms with Crippen LogP contribution in [0.3, 0.4) is 0 Å². The minimum atomic E-state index is -0.0634. The molecule has 0 saturated carbocycles. The molecule has 0 bridgehead atoms. The van der Waals surface area contributed by atoms with Gasteiger partial charge in [0.2, 0.25) is 0 Å². The van der Waals surface area contributed by atoms with Gasteiger partial charge in [-0.2, -0.15) is 0 Å². The maximum Gasteiger partial charge on any atom is 0.264 e. The van der Waals surface area contributed by atoms with Crippen molar-refractivity contribution < 1.29 is 4.42 Å². The highest BCUT2D eigenvalue weighted by molar-refractivity contribution is 6.22. The first-order chi connectivity index (χ1) is 23.7. The second kappa shape index (κ2) is 10.2. The van der Waals surface area contributed by atoms with E-state index in [0.29, 0.717) is 11.2 Å². The number of rotatable bonds is 4. The monoisotopic (exact) mass is 614 g/mol. The first kappa shape index (κ1) is 26.7. The quantitative estimate of drug-likeness (QED) is 0.185. The molecule has 0 aliphatic rings. The van der Waals surface area contributed by atoms with E-state index in [-0.39, 0.29) is 5.56 Å². The lowest BCUT2D eigenvalue weighted by Crippen LogP contribution is -2.14. The Hall–Kier alpha value is -6.52. The standard InChI is InChI=1S/C44H26N2O2/c47-44-35-15-8-7-14-33(35)41-34(23-24-37-42(41)46(44)43(45-37)30-12-5-2-6-13-30)32-16-9-17-39-40(32)36-26-31(22-25-38(36)48-39)29-20-18-28(19-21-29)27-10-3-1-4-11-27/h1-26H. The number of nitrogens with zero attached hydrogens (tertiary/aromatic N) is 2. The Morgan fingerprint density at radius 2 is 1.08 bits per heavy atom. The van der Waals surface area contributed by atoms with Crippen molar-refractivity contribution in [3.63, 3.8) is 0 Å². The van der Waals surface area contributed by atoms with Crippen molar-refractivity contribution in [3.05, 3.63) is 168 Å². The summed E-state index contributed by atoms with van der Waals surface area (Å²) < 4.78 is 8.26. The molecular weight excluding hydrogens is 588 g/mol. The van der Waals surface area contributed by atoms with Crippen LogP contribution >= 0.6 is 0 Å². The minimum Gasteiger partial charge on any atom is -0.456 e. The van der Waals surface area contributed by atoms with E-state index in [1.54, 1.807) is 4.40 Å². The van der Waals surface area contributed by atoms with Crippen LogP contribution in [0.25, 0.3) is 93.9 Å². The molecule has 0 unspecified atom stereocenters. The average molecular weight is 615 g/mol. The smallest absolute Gasteiger partial charge is 0.264 e. The SMILES string of the molecule is O=c1c2ccccc2c2c(-c3cccc4oc5ccc(-c6ccc(-c7ccccc7)cc6)cc5c34)ccc3nc(-c4ccccc4)n1c32. The topological polar surface area (TPSA) is 47.5 Å². The van der Waals surface area contributed by atoms with E-state index in [2.05, 4.69) is 84.9 Å². The van der Waals surface area contributed by atoms with Crippen LogP contribution in [0.5, 0.6) is 0 Å². The van der Waals surface area contributed by atoms with Gasteiger partial charge < -0.3 is 4.42 Å². The summed E-state index contributed by atoms with van der Waals surface area (Å²) in [4.78, 5) is 19.1. The van der Waals surface area contributed by atoms with Crippen molar-refractivity contribution in [1.29, 1.82) is 0 Å². The first-order valence-corrected chi connectivity index (χ1v) is 16.1. The summed E-state index contributed by atoms with van der Waals surface area (Å²) in [6, 6.07) is 53.9. The molecule has 0 aliphatic carbocycles. The van der Waals surface area contributed by atoms with E-state index in [4.69, 9.17) is 9.40 Å². The number of aromatic nitrogens is 2. The van der Waals surface area contributed by atoms with Gasteiger partial charge in [-0.05, 0) is 69.1 Å². The van der Waals surface area contributed by atoms with Gasteiger partial charge in [0.05, 0.1) is 11.0 Å². The van der Waals surface area contributed by atoms with Crippen molar-refractivity contribution in [3.8, 4) is 44.8 Å². The van der Waals surface area contributed by atoms with Crippen LogP contribution in [0.4, 0.5) is 0 Å². The maximum atomic E-state index is 14.1. The molecule has 0 fully saturated rings. The second-order valence-electron chi connectivity index (χ2n) is 12.3. The molecule has 7 aromatic carbocycles. The summed E-state index contributed by atoms with van der Waals surface area (Å²) in [7, 11) is 0. The summed E-state index contributed by atoms with van der Waals surface area (Å²) in [5, 5.41) is 4.69. The number of furan rings is 1. The third-order valence-electron chi connectivity index (χ3n) is 9.59. The lowest BCUT2D eigenvalue weighted by Gasteiger charge is -2.12. The van der Waals surface area contributed by atoms with Gasteiger partial charge in [-0.3, -0.25) is 9.20 Å². The third kappa shape index (κ3) is 3.90. The first-order valence-electron chi connectivity index (χ1n) is 16.1. The van der Waals surface area contributed by atoms with Gasteiger partial charge in [0.15, 0.2) is 0 Å². The van der Waals surface area contributed by atoms with Gasteiger partial charge in [-0.15, -0.1) is 0 Å². The molecule has 3 aromatic heterocycles. The number of imidazole rings is 1. The van der Waals surface area contributed by atoms with Crippen LogP contribution in [0, 0.1) is 0 Å². The highest BCUT2D eigenvalue weighted by atomic mass is 16.3. The Balaban J connectivity index is 1.23. The maximum absolute atomic E-state index is 14.1. The second-order valence-corrected chi connectivity index (χ2v) is 12.3. The zero-order chi connectivity index (χ0) is 31.8. The van der Waals surface area contributed by atoms with Crippen LogP contribution in [-0.2, 0) is 0 Å². The van der Waals surface area contributed by atoms with Crippen LogP contribution in [0.15, 0.2) is 167 Å². The van der Waals surface area contributed by atoms with Gasteiger partial charge >= 0.3 is 0 Å². The van der Waals surface area contributed by atoms with Crippen molar-refractivity contribution in [2.75, 3.05) is 0 Å². The van der Waals surface area contributed by atoms with Crippen molar-refractivity contribution in [1.82, 2.24) is 9.38 Å². The molecule has 0 amide bonds. The molecule has 0 N–H and O–H groups in total. The Bertz CT molecular complexity index is 2890. The molecule has 224 valence electrons. The lowest BCUT2D eigenvalue weighted by molar-refractivity contribution is 0.669.